The van der Waals surface area contributed by atoms with Crippen molar-refractivity contribution in [3.8, 4) is 0 Å². The van der Waals surface area contributed by atoms with Crippen LogP contribution in [0.3, 0.4) is 0 Å². The third-order valence-electron chi connectivity index (χ3n) is 5.17. The van der Waals surface area contributed by atoms with Crippen LogP contribution < -0.4 is 0 Å². The number of ether oxygens (including phenoxy) is 1. The number of aliphatic hydroxyl groups is 1. The monoisotopic (exact) mass is 522 g/mol. The number of Topliss-reactive ketones (excluding diaryl/α,β-unsaturated/α-hetero) is 1. The predicted octanol–water partition coefficient (Wildman–Crippen LogP) is 2.77. The minimum atomic E-state index is -3.65. The van der Waals surface area contributed by atoms with Crippen molar-refractivity contribution in [2.45, 2.75) is 10.9 Å². The van der Waals surface area contributed by atoms with Gasteiger partial charge in [0.05, 0.1) is 23.1 Å². The molecule has 170 valence electrons. The van der Waals surface area contributed by atoms with E-state index in [1.807, 2.05) is 0 Å². The molecule has 1 aliphatic heterocycles. The summed E-state index contributed by atoms with van der Waals surface area (Å²) in [6.45, 7) is 0.385. The van der Waals surface area contributed by atoms with Gasteiger partial charge in [0, 0.05) is 37.8 Å². The zero-order valence-corrected chi connectivity index (χ0v) is 20.2. The number of hydrogen-bond donors (Lipinski definition) is 1. The van der Waals surface area contributed by atoms with Crippen LogP contribution in [-0.4, -0.2) is 68.8 Å². The Morgan fingerprint density at radius 1 is 1.09 bits per heavy atom. The number of sulfonamides is 1. The molecule has 0 spiro atoms. The van der Waals surface area contributed by atoms with Crippen LogP contribution in [0.2, 0.25) is 0 Å². The lowest BCUT2D eigenvalue weighted by atomic mass is 9.95. The summed E-state index contributed by atoms with van der Waals surface area (Å²) in [6, 6.07) is 11.8. The quantitative estimate of drug-likeness (QED) is 0.340. The Morgan fingerprint density at radius 3 is 2.22 bits per heavy atom. The topological polar surface area (TPSA) is 104 Å². The number of carbonyl (C=O) groups excluding carboxylic acids is 2. The highest BCUT2D eigenvalue weighted by Gasteiger charge is 2.45. The van der Waals surface area contributed by atoms with Crippen molar-refractivity contribution < 1.29 is 27.9 Å². The molecule has 0 unspecified atom stereocenters. The van der Waals surface area contributed by atoms with Gasteiger partial charge in [-0.05, 0) is 42.0 Å². The van der Waals surface area contributed by atoms with Gasteiger partial charge in [0.15, 0.2) is 0 Å². The Balaban J connectivity index is 2.11. The summed E-state index contributed by atoms with van der Waals surface area (Å²) in [5, 5.41) is 11.0. The average molecular weight is 523 g/mol. The van der Waals surface area contributed by atoms with E-state index in [-0.39, 0.29) is 34.9 Å². The summed E-state index contributed by atoms with van der Waals surface area (Å²) in [4.78, 5) is 27.1. The van der Waals surface area contributed by atoms with Crippen molar-refractivity contribution in [2.75, 3.05) is 34.4 Å². The van der Waals surface area contributed by atoms with E-state index in [0.29, 0.717) is 5.56 Å². The molecule has 0 radical (unpaired) electrons. The minimum Gasteiger partial charge on any atom is -0.507 e. The number of halogens is 1. The Labute approximate surface area is 195 Å². The fraction of sp³-hybridized carbons (Fsp3) is 0.273. The van der Waals surface area contributed by atoms with Gasteiger partial charge >= 0.3 is 0 Å². The number of aliphatic hydroxyl groups excluding tert-OH is 1. The molecule has 0 saturated carbocycles. The molecule has 32 heavy (non-hydrogen) atoms. The maximum atomic E-state index is 12.9. The van der Waals surface area contributed by atoms with Gasteiger partial charge in [-0.25, -0.2) is 12.7 Å². The number of amides is 1. The largest absolute Gasteiger partial charge is 0.507 e. The van der Waals surface area contributed by atoms with E-state index < -0.39 is 27.8 Å². The number of rotatable bonds is 7. The first-order valence-electron chi connectivity index (χ1n) is 9.65. The van der Waals surface area contributed by atoms with E-state index >= 15 is 0 Å². The lowest BCUT2D eigenvalue weighted by molar-refractivity contribution is -0.140. The molecule has 1 N–H and O–H groups in total. The molecule has 1 atom stereocenters. The minimum absolute atomic E-state index is 0.0454. The van der Waals surface area contributed by atoms with Crippen molar-refractivity contribution in [3.05, 3.63) is 69.7 Å². The van der Waals surface area contributed by atoms with Gasteiger partial charge in [-0.3, -0.25) is 9.59 Å². The fourth-order valence-electron chi connectivity index (χ4n) is 3.44. The van der Waals surface area contributed by atoms with E-state index in [2.05, 4.69) is 15.9 Å². The first-order valence-corrected chi connectivity index (χ1v) is 11.9. The zero-order chi connectivity index (χ0) is 23.6. The highest BCUT2D eigenvalue weighted by Crippen LogP contribution is 2.39. The molecular formula is C22H23BrN2O6S. The number of nitrogens with zero attached hydrogens (tertiary/aromatic N) is 2. The average Bonchev–Trinajstić information content (AvgIpc) is 3.02. The molecule has 0 bridgehead atoms. The number of likely N-dealkylation sites (tertiary alicyclic amines) is 1. The molecular weight excluding hydrogens is 500 g/mol. The fourth-order valence-corrected chi connectivity index (χ4v) is 4.61. The van der Waals surface area contributed by atoms with Crippen LogP contribution in [0.5, 0.6) is 0 Å². The standard InChI is InChI=1S/C22H23BrN2O6S/c1-24(2)32(29,30)17-10-6-15(7-11-17)20(26)18-19(14-4-8-16(23)9-5-14)25(12-13-31-3)22(28)21(18)27/h4-11,19,26H,12-13H2,1-3H3/t19-/m1/s1. The van der Waals surface area contributed by atoms with Crippen molar-refractivity contribution in [1.29, 1.82) is 0 Å². The van der Waals surface area contributed by atoms with Crippen molar-refractivity contribution in [3.63, 3.8) is 0 Å². The molecule has 0 aliphatic carbocycles. The van der Waals surface area contributed by atoms with Gasteiger partial charge in [-0.1, -0.05) is 28.1 Å². The van der Waals surface area contributed by atoms with Crippen LogP contribution in [0, 0.1) is 0 Å². The summed E-state index contributed by atoms with van der Waals surface area (Å²) in [6.07, 6.45) is 0. The molecule has 3 rings (SSSR count). The smallest absolute Gasteiger partial charge is 0.295 e. The number of hydrogen-bond acceptors (Lipinski definition) is 6. The molecule has 10 heteroatoms. The third kappa shape index (κ3) is 4.49. The van der Waals surface area contributed by atoms with Crippen LogP contribution >= 0.6 is 15.9 Å². The predicted molar refractivity (Wildman–Crippen MR) is 122 cm³/mol. The van der Waals surface area contributed by atoms with E-state index in [1.165, 1.54) is 50.4 Å². The molecule has 1 amide bonds. The molecule has 2 aromatic carbocycles. The summed E-state index contributed by atoms with van der Waals surface area (Å²) in [5.41, 5.74) is 0.822. The highest BCUT2D eigenvalue weighted by atomic mass is 79.9. The lowest BCUT2D eigenvalue weighted by Gasteiger charge is -2.25. The van der Waals surface area contributed by atoms with Crippen molar-refractivity contribution in [2.24, 2.45) is 0 Å². The molecule has 1 saturated heterocycles. The van der Waals surface area contributed by atoms with Gasteiger partial charge in [0.25, 0.3) is 11.7 Å². The summed E-state index contributed by atoms with van der Waals surface area (Å²) in [5.74, 6) is -1.91. The Morgan fingerprint density at radius 2 is 1.69 bits per heavy atom. The van der Waals surface area contributed by atoms with Crippen LogP contribution in [0.25, 0.3) is 5.76 Å². The van der Waals surface area contributed by atoms with E-state index in [4.69, 9.17) is 4.74 Å². The van der Waals surface area contributed by atoms with Gasteiger partial charge in [0.1, 0.15) is 5.76 Å². The van der Waals surface area contributed by atoms with Crippen LogP contribution in [-0.2, 0) is 24.3 Å². The Hall–Kier alpha value is -2.53. The summed E-state index contributed by atoms with van der Waals surface area (Å²) < 4.78 is 31.6. The van der Waals surface area contributed by atoms with Crippen molar-refractivity contribution in [1.82, 2.24) is 9.21 Å². The van der Waals surface area contributed by atoms with Crippen molar-refractivity contribution >= 4 is 43.4 Å². The van der Waals surface area contributed by atoms with Crippen LogP contribution in [0.15, 0.2) is 63.5 Å². The van der Waals surface area contributed by atoms with Gasteiger partial charge in [0.2, 0.25) is 10.0 Å². The van der Waals surface area contributed by atoms with Gasteiger partial charge < -0.3 is 14.7 Å². The van der Waals surface area contributed by atoms with E-state index in [0.717, 1.165) is 8.78 Å². The number of benzene rings is 2. The Bertz CT molecular complexity index is 1160. The third-order valence-corrected chi connectivity index (χ3v) is 7.53. The lowest BCUT2D eigenvalue weighted by Crippen LogP contribution is -2.32. The maximum absolute atomic E-state index is 12.9. The summed E-state index contributed by atoms with van der Waals surface area (Å²) in [7, 11) is 0.687. The normalized spacial score (nSPS) is 18.5. The Kier molecular flexibility index (Phi) is 7.19. The second-order valence-corrected chi connectivity index (χ2v) is 10.4. The molecule has 1 aliphatic rings. The van der Waals surface area contributed by atoms with Gasteiger partial charge in [-0.2, -0.15) is 0 Å². The highest BCUT2D eigenvalue weighted by molar-refractivity contribution is 9.10. The molecule has 0 aromatic heterocycles. The zero-order valence-electron chi connectivity index (χ0n) is 17.8. The number of methoxy groups -OCH3 is 1. The maximum Gasteiger partial charge on any atom is 0.295 e. The van der Waals surface area contributed by atoms with Crippen LogP contribution in [0.1, 0.15) is 17.2 Å². The van der Waals surface area contributed by atoms with E-state index in [9.17, 15) is 23.1 Å². The van der Waals surface area contributed by atoms with Gasteiger partial charge in [-0.15, -0.1) is 0 Å². The second kappa shape index (κ2) is 9.53. The first kappa shape index (κ1) is 24.1. The molecule has 1 fully saturated rings. The second-order valence-electron chi connectivity index (χ2n) is 7.35. The number of carbonyl (C=O) groups is 2. The van der Waals surface area contributed by atoms with E-state index in [1.54, 1.807) is 24.3 Å². The van der Waals surface area contributed by atoms with Crippen LogP contribution in [0.4, 0.5) is 0 Å². The molecule has 1 heterocycles. The first-order chi connectivity index (χ1) is 15.1. The SMILES string of the molecule is COCCN1C(=O)C(=O)C(=C(O)c2ccc(S(=O)(=O)N(C)C)cc2)[C@H]1c1ccc(Br)cc1. The molecule has 2 aromatic rings. The summed E-state index contributed by atoms with van der Waals surface area (Å²) >= 11 is 3.37. The molecule has 8 nitrogen and oxygen atoms in total. The number of ketones is 1.